The van der Waals surface area contributed by atoms with Gasteiger partial charge in [-0.25, -0.2) is 0 Å². The van der Waals surface area contributed by atoms with E-state index in [1.165, 1.54) is 12.2 Å². The Morgan fingerprint density at radius 1 is 0.737 bits per heavy atom. The molecule has 94 valence electrons. The number of hydrogen-bond acceptors (Lipinski definition) is 2. The molecular formula is C16H11BrO2. The summed E-state index contributed by atoms with van der Waals surface area (Å²) in [5.74, 6) is -0.358. The van der Waals surface area contributed by atoms with E-state index in [1.54, 1.807) is 48.5 Å². The Morgan fingerprint density at radius 3 is 1.74 bits per heavy atom. The summed E-state index contributed by atoms with van der Waals surface area (Å²) in [6.45, 7) is 0. The van der Waals surface area contributed by atoms with Gasteiger partial charge in [-0.05, 0) is 36.4 Å². The molecule has 0 aromatic heterocycles. The zero-order valence-corrected chi connectivity index (χ0v) is 11.6. The molecule has 0 aliphatic heterocycles. The van der Waals surface area contributed by atoms with Gasteiger partial charge in [-0.15, -0.1) is 0 Å². The Labute approximate surface area is 119 Å². The predicted molar refractivity (Wildman–Crippen MR) is 78.4 cm³/mol. The van der Waals surface area contributed by atoms with Crippen molar-refractivity contribution >= 4 is 27.5 Å². The van der Waals surface area contributed by atoms with E-state index >= 15 is 0 Å². The second-order valence-electron chi connectivity index (χ2n) is 3.93. The standard InChI is InChI=1S/C16H11BrO2/c17-14-8-6-13(7-9-14)16(19)11-10-15(18)12-4-2-1-3-5-12/h1-11H/b11-10-. The van der Waals surface area contributed by atoms with Crippen molar-refractivity contribution in [3.8, 4) is 0 Å². The fraction of sp³-hybridized carbons (Fsp3) is 0. The first-order valence-corrected chi connectivity index (χ1v) is 6.53. The Hall–Kier alpha value is -2.00. The second-order valence-corrected chi connectivity index (χ2v) is 4.85. The Bertz CT molecular complexity index is 613. The second kappa shape index (κ2) is 6.25. The van der Waals surface area contributed by atoms with Crippen molar-refractivity contribution in [2.45, 2.75) is 0 Å². The SMILES string of the molecule is O=C(/C=C\C(=O)c1ccc(Br)cc1)c1ccccc1. The number of carbonyl (C=O) groups excluding carboxylic acids is 2. The summed E-state index contributed by atoms with van der Waals surface area (Å²) < 4.78 is 0.911. The van der Waals surface area contributed by atoms with Crippen LogP contribution in [-0.4, -0.2) is 11.6 Å². The minimum atomic E-state index is -0.184. The molecule has 0 unspecified atom stereocenters. The van der Waals surface area contributed by atoms with Crippen LogP contribution in [0.3, 0.4) is 0 Å². The highest BCUT2D eigenvalue weighted by atomic mass is 79.9. The van der Waals surface area contributed by atoms with Crippen LogP contribution in [0, 0.1) is 0 Å². The minimum Gasteiger partial charge on any atom is -0.289 e. The lowest BCUT2D eigenvalue weighted by Crippen LogP contribution is -1.98. The highest BCUT2D eigenvalue weighted by Gasteiger charge is 2.04. The van der Waals surface area contributed by atoms with Crippen LogP contribution in [0.2, 0.25) is 0 Å². The van der Waals surface area contributed by atoms with Gasteiger partial charge in [0.2, 0.25) is 0 Å². The molecule has 0 aliphatic carbocycles. The summed E-state index contributed by atoms with van der Waals surface area (Å²) in [5, 5.41) is 0. The lowest BCUT2D eigenvalue weighted by atomic mass is 10.1. The fourth-order valence-corrected chi connectivity index (χ4v) is 1.82. The molecule has 0 heterocycles. The number of benzene rings is 2. The van der Waals surface area contributed by atoms with Crippen molar-refractivity contribution in [1.82, 2.24) is 0 Å². The van der Waals surface area contributed by atoms with Gasteiger partial charge >= 0.3 is 0 Å². The summed E-state index contributed by atoms with van der Waals surface area (Å²) in [7, 11) is 0. The van der Waals surface area contributed by atoms with Gasteiger partial charge < -0.3 is 0 Å². The maximum absolute atomic E-state index is 11.8. The molecule has 0 amide bonds. The van der Waals surface area contributed by atoms with E-state index in [0.717, 1.165) is 4.47 Å². The van der Waals surface area contributed by atoms with Crippen molar-refractivity contribution in [1.29, 1.82) is 0 Å². The lowest BCUT2D eigenvalue weighted by molar-refractivity contribution is 0.102. The molecule has 0 bridgehead atoms. The summed E-state index contributed by atoms with van der Waals surface area (Å²) in [6.07, 6.45) is 2.61. The molecule has 3 heteroatoms. The van der Waals surface area contributed by atoms with Crippen molar-refractivity contribution < 1.29 is 9.59 Å². The van der Waals surface area contributed by atoms with E-state index < -0.39 is 0 Å². The van der Waals surface area contributed by atoms with Gasteiger partial charge in [0, 0.05) is 15.6 Å². The number of ketones is 2. The fourth-order valence-electron chi connectivity index (χ4n) is 1.56. The van der Waals surface area contributed by atoms with Gasteiger partial charge in [-0.2, -0.15) is 0 Å². The first-order chi connectivity index (χ1) is 9.16. The van der Waals surface area contributed by atoms with Gasteiger partial charge in [-0.3, -0.25) is 9.59 Å². The summed E-state index contributed by atoms with van der Waals surface area (Å²) >= 11 is 3.30. The predicted octanol–water partition coefficient (Wildman–Crippen LogP) is 4.07. The molecule has 0 radical (unpaired) electrons. The molecule has 2 rings (SSSR count). The molecule has 0 fully saturated rings. The molecule has 2 aromatic carbocycles. The van der Waals surface area contributed by atoms with E-state index in [2.05, 4.69) is 15.9 Å². The van der Waals surface area contributed by atoms with Crippen LogP contribution in [0.1, 0.15) is 20.7 Å². The zero-order chi connectivity index (χ0) is 13.7. The lowest BCUT2D eigenvalue weighted by Gasteiger charge is -1.96. The number of hydrogen-bond donors (Lipinski definition) is 0. The van der Waals surface area contributed by atoms with Crippen LogP contribution in [0.15, 0.2) is 71.2 Å². The normalized spacial score (nSPS) is 10.6. The largest absolute Gasteiger partial charge is 0.289 e. The Morgan fingerprint density at radius 2 is 1.21 bits per heavy atom. The van der Waals surface area contributed by atoms with Crippen LogP contribution >= 0.6 is 15.9 Å². The average Bonchev–Trinajstić information content (AvgIpc) is 2.46. The first kappa shape index (κ1) is 13.4. The minimum absolute atomic E-state index is 0.175. The quantitative estimate of drug-likeness (QED) is 0.629. The van der Waals surface area contributed by atoms with E-state index in [-0.39, 0.29) is 11.6 Å². The van der Waals surface area contributed by atoms with E-state index in [1.807, 2.05) is 6.07 Å². The summed E-state index contributed by atoms with van der Waals surface area (Å²) in [6, 6.07) is 15.9. The molecular weight excluding hydrogens is 304 g/mol. The van der Waals surface area contributed by atoms with Crippen LogP contribution in [0.5, 0.6) is 0 Å². The molecule has 0 saturated heterocycles. The van der Waals surface area contributed by atoms with Gasteiger partial charge in [-0.1, -0.05) is 46.3 Å². The molecule has 0 aliphatic rings. The molecule has 19 heavy (non-hydrogen) atoms. The van der Waals surface area contributed by atoms with Crippen LogP contribution in [0.4, 0.5) is 0 Å². The molecule has 2 nitrogen and oxygen atoms in total. The topological polar surface area (TPSA) is 34.1 Å². The van der Waals surface area contributed by atoms with Gasteiger partial charge in [0.15, 0.2) is 11.6 Å². The third-order valence-electron chi connectivity index (χ3n) is 2.57. The number of halogens is 1. The van der Waals surface area contributed by atoms with E-state index in [0.29, 0.717) is 11.1 Å². The molecule has 0 atom stereocenters. The maximum atomic E-state index is 11.8. The van der Waals surface area contributed by atoms with Crippen LogP contribution in [-0.2, 0) is 0 Å². The summed E-state index contributed by atoms with van der Waals surface area (Å²) in [4.78, 5) is 23.6. The van der Waals surface area contributed by atoms with Crippen LogP contribution < -0.4 is 0 Å². The third kappa shape index (κ3) is 3.73. The molecule has 0 saturated carbocycles. The molecule has 2 aromatic rings. The van der Waals surface area contributed by atoms with Crippen molar-refractivity contribution in [3.05, 3.63) is 82.3 Å². The number of carbonyl (C=O) groups is 2. The zero-order valence-electron chi connectivity index (χ0n) is 10.0. The highest BCUT2D eigenvalue weighted by molar-refractivity contribution is 9.10. The van der Waals surface area contributed by atoms with Crippen molar-refractivity contribution in [2.75, 3.05) is 0 Å². The maximum Gasteiger partial charge on any atom is 0.185 e. The monoisotopic (exact) mass is 314 g/mol. The number of allylic oxidation sites excluding steroid dienone is 2. The first-order valence-electron chi connectivity index (χ1n) is 5.74. The van der Waals surface area contributed by atoms with Gasteiger partial charge in [0.1, 0.15) is 0 Å². The average molecular weight is 315 g/mol. The third-order valence-corrected chi connectivity index (χ3v) is 3.10. The Balaban J connectivity index is 2.09. The van der Waals surface area contributed by atoms with E-state index in [9.17, 15) is 9.59 Å². The van der Waals surface area contributed by atoms with Gasteiger partial charge in [0.05, 0.1) is 0 Å². The Kier molecular flexibility index (Phi) is 4.42. The van der Waals surface area contributed by atoms with Crippen molar-refractivity contribution in [2.24, 2.45) is 0 Å². The molecule has 0 N–H and O–H groups in total. The molecule has 0 spiro atoms. The summed E-state index contributed by atoms with van der Waals surface area (Å²) in [5.41, 5.74) is 1.13. The number of rotatable bonds is 4. The van der Waals surface area contributed by atoms with E-state index in [4.69, 9.17) is 0 Å². The van der Waals surface area contributed by atoms with Crippen molar-refractivity contribution in [3.63, 3.8) is 0 Å². The van der Waals surface area contributed by atoms with Gasteiger partial charge in [0.25, 0.3) is 0 Å². The smallest absolute Gasteiger partial charge is 0.185 e. The van der Waals surface area contributed by atoms with Crippen LogP contribution in [0.25, 0.3) is 0 Å². The highest BCUT2D eigenvalue weighted by Crippen LogP contribution is 2.11.